The van der Waals surface area contributed by atoms with Gasteiger partial charge in [0.25, 0.3) is 10.0 Å². The van der Waals surface area contributed by atoms with E-state index in [0.29, 0.717) is 22.4 Å². The highest BCUT2D eigenvalue weighted by Gasteiger charge is 2.29. The minimum Gasteiger partial charge on any atom is -0.338 e. The van der Waals surface area contributed by atoms with E-state index in [2.05, 4.69) is 9.71 Å². The molecule has 0 atom stereocenters. The number of nitrogens with one attached hydrogen (secondary N) is 1. The zero-order chi connectivity index (χ0) is 18.1. The molecule has 0 saturated heterocycles. The quantitative estimate of drug-likeness (QED) is 0.724. The summed E-state index contributed by atoms with van der Waals surface area (Å²) >= 11 is 0. The third-order valence-electron chi connectivity index (χ3n) is 4.09. The molecule has 1 N–H and O–H groups in total. The first kappa shape index (κ1) is 16.2. The van der Waals surface area contributed by atoms with Crippen molar-refractivity contribution in [2.45, 2.75) is 4.90 Å². The molecule has 0 amide bonds. The van der Waals surface area contributed by atoms with Crippen molar-refractivity contribution in [3.05, 3.63) is 95.6 Å². The highest BCUT2D eigenvalue weighted by Crippen LogP contribution is 2.28. The number of hydrogen-bond acceptors (Lipinski definition) is 4. The Bertz CT molecular complexity index is 1140. The summed E-state index contributed by atoms with van der Waals surface area (Å²) in [6, 6.07) is 22.5. The lowest BCUT2D eigenvalue weighted by atomic mass is 10.0. The fourth-order valence-electron chi connectivity index (χ4n) is 2.86. The third kappa shape index (κ3) is 2.80. The summed E-state index contributed by atoms with van der Waals surface area (Å²) in [6.45, 7) is 0. The van der Waals surface area contributed by atoms with E-state index in [1.807, 2.05) is 6.07 Å². The fourth-order valence-corrected chi connectivity index (χ4v) is 4.03. The number of nitrogens with zero attached hydrogens (tertiary/aromatic N) is 1. The van der Waals surface area contributed by atoms with Crippen LogP contribution in [-0.4, -0.2) is 20.0 Å². The molecule has 4 rings (SSSR count). The van der Waals surface area contributed by atoms with Gasteiger partial charge in [-0.25, -0.2) is 0 Å². The number of rotatable bonds is 3. The predicted octanol–water partition coefficient (Wildman–Crippen LogP) is 3.48. The van der Waals surface area contributed by atoms with Crippen LogP contribution in [0.15, 0.2) is 88.2 Å². The van der Waals surface area contributed by atoms with E-state index in [0.717, 1.165) is 0 Å². The van der Waals surface area contributed by atoms with Gasteiger partial charge in [-0.2, -0.15) is 8.42 Å². The Hall–Kier alpha value is -3.25. The highest BCUT2D eigenvalue weighted by molar-refractivity contribution is 7.90. The average Bonchev–Trinajstić information content (AvgIpc) is 2.93. The largest absolute Gasteiger partial charge is 0.338 e. The molecule has 6 heteroatoms. The maximum absolute atomic E-state index is 12.8. The zero-order valence-corrected chi connectivity index (χ0v) is 14.4. The molecule has 1 aliphatic heterocycles. The molecule has 3 aromatic carbocycles. The number of sulfonamides is 1. The summed E-state index contributed by atoms with van der Waals surface area (Å²) in [4.78, 5) is 13.0. The van der Waals surface area contributed by atoms with E-state index in [9.17, 15) is 13.2 Å². The van der Waals surface area contributed by atoms with Gasteiger partial charge in [-0.3, -0.25) is 4.79 Å². The fraction of sp³-hybridized carbons (Fsp3) is 0. The number of carbonyl (C=O) groups excluding carboxylic acids is 1. The molecule has 0 unspecified atom stereocenters. The molecule has 26 heavy (non-hydrogen) atoms. The van der Waals surface area contributed by atoms with Crippen LogP contribution in [0.3, 0.4) is 0 Å². The number of benzene rings is 3. The lowest BCUT2D eigenvalue weighted by molar-refractivity contribution is 0.103. The SMILES string of the molecule is O=C(c1ccccc1)c1ccccc1NC1=NS(=O)(=O)c2ccccc21. The molecule has 0 saturated carbocycles. The van der Waals surface area contributed by atoms with Crippen molar-refractivity contribution in [2.24, 2.45) is 4.40 Å². The molecule has 0 radical (unpaired) electrons. The highest BCUT2D eigenvalue weighted by atomic mass is 32.2. The van der Waals surface area contributed by atoms with Gasteiger partial charge in [0.1, 0.15) is 4.90 Å². The van der Waals surface area contributed by atoms with Gasteiger partial charge in [-0.05, 0) is 24.3 Å². The minimum atomic E-state index is -3.72. The monoisotopic (exact) mass is 362 g/mol. The molecular weight excluding hydrogens is 348 g/mol. The first-order valence-corrected chi connectivity index (χ1v) is 9.40. The Morgan fingerprint density at radius 2 is 1.46 bits per heavy atom. The zero-order valence-electron chi connectivity index (χ0n) is 13.6. The number of fused-ring (bicyclic) bond motifs is 1. The topological polar surface area (TPSA) is 75.6 Å². The molecular formula is C20H14N2O3S. The van der Waals surface area contributed by atoms with E-state index < -0.39 is 10.0 Å². The van der Waals surface area contributed by atoms with Crippen LogP contribution in [0.4, 0.5) is 5.69 Å². The van der Waals surface area contributed by atoms with E-state index >= 15 is 0 Å². The Morgan fingerprint density at radius 1 is 0.808 bits per heavy atom. The summed E-state index contributed by atoms with van der Waals surface area (Å²) < 4.78 is 28.2. The van der Waals surface area contributed by atoms with Crippen molar-refractivity contribution in [1.29, 1.82) is 0 Å². The van der Waals surface area contributed by atoms with Gasteiger partial charge in [0.2, 0.25) is 0 Å². The van der Waals surface area contributed by atoms with Crippen molar-refractivity contribution in [2.75, 3.05) is 5.32 Å². The summed E-state index contributed by atoms with van der Waals surface area (Å²) in [5, 5.41) is 3.02. The van der Waals surface area contributed by atoms with E-state index in [-0.39, 0.29) is 16.5 Å². The van der Waals surface area contributed by atoms with Crippen LogP contribution in [0.5, 0.6) is 0 Å². The summed E-state index contributed by atoms with van der Waals surface area (Å²) in [7, 11) is -3.72. The molecule has 1 heterocycles. The third-order valence-corrected chi connectivity index (χ3v) is 5.43. The molecule has 5 nitrogen and oxygen atoms in total. The molecule has 3 aromatic rings. The van der Waals surface area contributed by atoms with Crippen LogP contribution in [0.2, 0.25) is 0 Å². The minimum absolute atomic E-state index is 0.150. The standard InChI is InChI=1S/C20H14N2O3S/c23-19(14-8-2-1-3-9-14)15-10-4-6-12-17(15)21-20-16-11-5-7-13-18(16)26(24,25)22-20/h1-13H,(H,21,22). The molecule has 0 fully saturated rings. The first-order chi connectivity index (χ1) is 12.6. The maximum atomic E-state index is 12.8. The number of anilines is 1. The van der Waals surface area contributed by atoms with Gasteiger partial charge >= 0.3 is 0 Å². The van der Waals surface area contributed by atoms with Crippen LogP contribution in [0.25, 0.3) is 0 Å². The van der Waals surface area contributed by atoms with Crippen LogP contribution in [0.1, 0.15) is 21.5 Å². The smallest absolute Gasteiger partial charge is 0.285 e. The Morgan fingerprint density at radius 3 is 2.27 bits per heavy atom. The summed E-state index contributed by atoms with van der Waals surface area (Å²) in [5.41, 5.74) is 2.01. The van der Waals surface area contributed by atoms with Crippen molar-refractivity contribution in [3.8, 4) is 0 Å². The molecule has 0 spiro atoms. The number of ketones is 1. The normalized spacial score (nSPS) is 14.4. The lowest BCUT2D eigenvalue weighted by Gasteiger charge is -2.11. The van der Waals surface area contributed by atoms with Crippen LogP contribution < -0.4 is 5.32 Å². The molecule has 0 bridgehead atoms. The number of hydrogen-bond donors (Lipinski definition) is 1. The average molecular weight is 362 g/mol. The second-order valence-corrected chi connectivity index (χ2v) is 7.35. The van der Waals surface area contributed by atoms with Gasteiger partial charge in [-0.1, -0.05) is 54.6 Å². The first-order valence-electron chi connectivity index (χ1n) is 7.96. The molecule has 0 aromatic heterocycles. The van der Waals surface area contributed by atoms with Crippen molar-refractivity contribution in [3.63, 3.8) is 0 Å². The van der Waals surface area contributed by atoms with Crippen molar-refractivity contribution < 1.29 is 13.2 Å². The lowest BCUT2D eigenvalue weighted by Crippen LogP contribution is -2.15. The van der Waals surface area contributed by atoms with E-state index in [1.165, 1.54) is 6.07 Å². The number of amidine groups is 1. The van der Waals surface area contributed by atoms with Crippen molar-refractivity contribution >= 4 is 27.3 Å². The van der Waals surface area contributed by atoms with Gasteiger partial charge in [0.05, 0.1) is 5.69 Å². The van der Waals surface area contributed by atoms with Gasteiger partial charge in [0.15, 0.2) is 11.6 Å². The maximum Gasteiger partial charge on any atom is 0.285 e. The summed E-state index contributed by atoms with van der Waals surface area (Å²) in [6.07, 6.45) is 0. The second kappa shape index (κ2) is 6.24. The molecule has 128 valence electrons. The van der Waals surface area contributed by atoms with Gasteiger partial charge < -0.3 is 5.32 Å². The van der Waals surface area contributed by atoms with Gasteiger partial charge in [-0.15, -0.1) is 4.40 Å². The predicted molar refractivity (Wildman–Crippen MR) is 100 cm³/mol. The Labute approximate surface area is 151 Å². The van der Waals surface area contributed by atoms with Crippen LogP contribution in [-0.2, 0) is 10.0 Å². The van der Waals surface area contributed by atoms with E-state index in [1.54, 1.807) is 66.7 Å². The van der Waals surface area contributed by atoms with Crippen LogP contribution >= 0.6 is 0 Å². The Balaban J connectivity index is 1.75. The molecule has 0 aliphatic carbocycles. The van der Waals surface area contributed by atoms with Gasteiger partial charge in [0, 0.05) is 16.7 Å². The van der Waals surface area contributed by atoms with Crippen LogP contribution in [0, 0.1) is 0 Å². The Kier molecular flexibility index (Phi) is 3.89. The second-order valence-electron chi connectivity index (χ2n) is 5.78. The van der Waals surface area contributed by atoms with E-state index in [4.69, 9.17) is 0 Å². The van der Waals surface area contributed by atoms with Crippen molar-refractivity contribution in [1.82, 2.24) is 0 Å². The number of para-hydroxylation sites is 1. The molecule has 1 aliphatic rings. The number of carbonyl (C=O) groups is 1. The summed E-state index contributed by atoms with van der Waals surface area (Å²) in [5.74, 6) is 0.0670.